The molecule has 1 fully saturated rings. The molecule has 50 heavy (non-hydrogen) atoms. The monoisotopic (exact) mass is 740 g/mol. The van der Waals surface area contributed by atoms with Crippen molar-refractivity contribution in [1.29, 1.82) is 10.5 Å². The number of sulfonamides is 2. The Morgan fingerprint density at radius 1 is 1.02 bits per heavy atom. The number of hydrogen-bond donors (Lipinski definition) is 3. The molecule has 260 valence electrons. The van der Waals surface area contributed by atoms with Crippen LogP contribution in [0.15, 0.2) is 59.5 Å². The number of carbonyl (C=O) groups excluding carboxylic acids is 2. The Balaban J connectivity index is 1.56. The third-order valence-electron chi connectivity index (χ3n) is 7.29. The highest BCUT2D eigenvalue weighted by Gasteiger charge is 2.42. The largest absolute Gasteiger partial charge is 0.491 e. The first kappa shape index (κ1) is 35.8. The van der Waals surface area contributed by atoms with Crippen molar-refractivity contribution < 1.29 is 57.5 Å². The smallest absolute Gasteiger partial charge is 0.420 e. The van der Waals surface area contributed by atoms with Gasteiger partial charge in [-0.3, -0.25) is 9.52 Å². The number of fused-ring (bicyclic) bond motifs is 1. The number of aromatic nitrogens is 2. The van der Waals surface area contributed by atoms with Crippen molar-refractivity contribution >= 4 is 43.0 Å². The first-order valence-electron chi connectivity index (χ1n) is 13.7. The van der Waals surface area contributed by atoms with Gasteiger partial charge in [0.2, 0.25) is 26.0 Å². The molecule has 3 N–H and O–H groups in total. The minimum Gasteiger partial charge on any atom is -0.420 e. The van der Waals surface area contributed by atoms with E-state index in [-0.39, 0.29) is 39.6 Å². The molecular formula is C29H18F6N6O7S2. The summed E-state index contributed by atoms with van der Waals surface area (Å²) in [5, 5.41) is 17.5. The van der Waals surface area contributed by atoms with E-state index in [2.05, 4.69) is 19.4 Å². The van der Waals surface area contributed by atoms with Gasteiger partial charge in [0, 0.05) is 6.07 Å². The van der Waals surface area contributed by atoms with Gasteiger partial charge in [0.05, 0.1) is 57.2 Å². The topological polar surface area (TPSA) is 212 Å². The Morgan fingerprint density at radius 3 is 2.32 bits per heavy atom. The summed E-state index contributed by atoms with van der Waals surface area (Å²) < 4.78 is 139. The number of imidazole rings is 1. The van der Waals surface area contributed by atoms with Crippen molar-refractivity contribution in [2.45, 2.75) is 41.4 Å². The maximum atomic E-state index is 13.6. The van der Waals surface area contributed by atoms with Gasteiger partial charge in [0.25, 0.3) is 0 Å². The summed E-state index contributed by atoms with van der Waals surface area (Å²) in [6.07, 6.45) is -11.3. The summed E-state index contributed by atoms with van der Waals surface area (Å²) >= 11 is 0. The molecule has 1 amide bonds. The lowest BCUT2D eigenvalue weighted by Crippen LogP contribution is -2.31. The second-order valence-corrected chi connectivity index (χ2v) is 14.3. The van der Waals surface area contributed by atoms with Crippen molar-refractivity contribution in [1.82, 2.24) is 19.4 Å². The maximum absolute atomic E-state index is 13.6. The van der Waals surface area contributed by atoms with Gasteiger partial charge < -0.3 is 9.72 Å². The molecule has 4 aromatic rings. The van der Waals surface area contributed by atoms with Crippen LogP contribution in [0.25, 0.3) is 11.0 Å². The number of benzene rings is 3. The number of esters is 1. The fraction of sp³-hybridized carbons (Fsp3) is 0.207. The van der Waals surface area contributed by atoms with E-state index in [4.69, 9.17) is 5.26 Å². The summed E-state index contributed by atoms with van der Waals surface area (Å²) in [6.45, 7) is 0. The summed E-state index contributed by atoms with van der Waals surface area (Å²) in [5.74, 6) is -4.11. The van der Waals surface area contributed by atoms with E-state index < -0.39 is 90.2 Å². The van der Waals surface area contributed by atoms with E-state index in [1.165, 1.54) is 24.3 Å². The number of nitrogens with zero attached hydrogens (tertiary/aromatic N) is 3. The van der Waals surface area contributed by atoms with Crippen molar-refractivity contribution in [2.75, 3.05) is 0 Å². The molecule has 1 aliphatic heterocycles. The lowest BCUT2D eigenvalue weighted by molar-refractivity contribution is -0.189. The number of ether oxygens (including phenoxy) is 1. The molecule has 0 radical (unpaired) electrons. The SMILES string of the molecule is N#Cc1cc(C[C@H](NS(=O)(=O)c2ccc(C#N)c(C(F)(F)F)c2)c2nc3ccc(OC(=O)C(F)(F)F)cc3[nH]2)ccc1C1CC(=O)NS1(=O)=O. The summed E-state index contributed by atoms with van der Waals surface area (Å²) in [7, 11) is -9.04. The predicted octanol–water partition coefficient (Wildman–Crippen LogP) is 3.95. The number of aromatic amines is 1. The van der Waals surface area contributed by atoms with Crippen molar-refractivity contribution in [3.05, 3.63) is 88.2 Å². The van der Waals surface area contributed by atoms with E-state index >= 15 is 0 Å². The molecule has 0 bridgehead atoms. The predicted molar refractivity (Wildman–Crippen MR) is 156 cm³/mol. The molecule has 2 heterocycles. The highest BCUT2D eigenvalue weighted by atomic mass is 32.2. The molecule has 13 nitrogen and oxygen atoms in total. The number of nitrogens with one attached hydrogen (secondary N) is 3. The van der Waals surface area contributed by atoms with Gasteiger partial charge in [-0.1, -0.05) is 12.1 Å². The molecule has 1 unspecified atom stereocenters. The van der Waals surface area contributed by atoms with E-state index in [0.717, 1.165) is 24.3 Å². The number of rotatable bonds is 8. The zero-order valence-electron chi connectivity index (χ0n) is 24.5. The lowest BCUT2D eigenvalue weighted by atomic mass is 9.97. The summed E-state index contributed by atoms with van der Waals surface area (Å²) in [5.41, 5.74) is -2.46. The Kier molecular flexibility index (Phi) is 9.12. The van der Waals surface area contributed by atoms with Gasteiger partial charge >= 0.3 is 18.3 Å². The minimum atomic E-state index is -5.32. The van der Waals surface area contributed by atoms with Crippen LogP contribution in [0.3, 0.4) is 0 Å². The van der Waals surface area contributed by atoms with Crippen LogP contribution >= 0.6 is 0 Å². The van der Waals surface area contributed by atoms with Gasteiger partial charge in [-0.25, -0.2) is 31.3 Å². The minimum absolute atomic E-state index is 0.0328. The van der Waals surface area contributed by atoms with E-state index in [0.29, 0.717) is 6.07 Å². The van der Waals surface area contributed by atoms with Crippen molar-refractivity contribution in [3.8, 4) is 17.9 Å². The van der Waals surface area contributed by atoms with Crippen molar-refractivity contribution in [2.24, 2.45) is 0 Å². The molecule has 1 saturated heterocycles. The molecule has 1 aromatic heterocycles. The zero-order valence-corrected chi connectivity index (χ0v) is 26.2. The fourth-order valence-electron chi connectivity index (χ4n) is 5.04. The molecule has 5 rings (SSSR count). The van der Waals surface area contributed by atoms with Crippen molar-refractivity contribution in [3.63, 3.8) is 0 Å². The maximum Gasteiger partial charge on any atom is 0.491 e. The van der Waals surface area contributed by atoms with Crippen LogP contribution in [-0.4, -0.2) is 44.9 Å². The summed E-state index contributed by atoms with van der Waals surface area (Å²) in [4.78, 5) is 29.1. The van der Waals surface area contributed by atoms with Gasteiger partial charge in [-0.2, -0.15) is 36.9 Å². The van der Waals surface area contributed by atoms with Gasteiger partial charge in [-0.05, 0) is 53.9 Å². The second kappa shape index (κ2) is 12.7. The van der Waals surface area contributed by atoms with Crippen LogP contribution in [0.1, 0.15) is 51.4 Å². The first-order chi connectivity index (χ1) is 23.2. The first-order valence-corrected chi connectivity index (χ1v) is 16.7. The number of halogens is 6. The standard InChI is InChI=1S/C29H18F6N6O7S2/c30-28(31,32)20-10-18(4-2-15(20)12-36)49(44,45)40-23(26-38-21-6-3-17(9-22(21)39-26)48-27(43)29(33,34)35)8-14-1-5-19(16(7-14)13-37)24-11-25(42)41-50(24,46)47/h1-7,9-10,23-24,40H,8,11H2,(H,38,39)(H,41,42)/t23-,24?/m0/s1. The van der Waals surface area contributed by atoms with Crippen LogP contribution in [0.5, 0.6) is 5.75 Å². The number of hydrogen-bond acceptors (Lipinski definition) is 10. The van der Waals surface area contributed by atoms with E-state index in [1.54, 1.807) is 0 Å². The Hall–Kier alpha value is -5.51. The number of H-pyrrole nitrogens is 1. The van der Waals surface area contributed by atoms with E-state index in [9.17, 15) is 58.0 Å². The highest BCUT2D eigenvalue weighted by molar-refractivity contribution is 7.90. The van der Waals surface area contributed by atoms with Crippen LogP contribution in [0.4, 0.5) is 26.3 Å². The normalized spacial score (nSPS) is 16.7. The number of alkyl halides is 6. The average Bonchev–Trinajstić information content (AvgIpc) is 3.57. The van der Waals surface area contributed by atoms with Gasteiger partial charge in [0.1, 0.15) is 16.8 Å². The van der Waals surface area contributed by atoms with Crippen LogP contribution in [-0.2, 0) is 42.2 Å². The Bertz CT molecular complexity index is 2360. The van der Waals surface area contributed by atoms with Crippen LogP contribution < -0.4 is 14.2 Å². The zero-order chi connectivity index (χ0) is 36.8. The molecule has 1 aliphatic rings. The number of nitriles is 2. The Morgan fingerprint density at radius 2 is 1.72 bits per heavy atom. The molecule has 0 saturated carbocycles. The number of carbonyl (C=O) groups is 2. The molecule has 0 spiro atoms. The highest BCUT2D eigenvalue weighted by Crippen LogP contribution is 2.35. The average molecular weight is 741 g/mol. The Labute approximate surface area is 277 Å². The lowest BCUT2D eigenvalue weighted by Gasteiger charge is -2.19. The van der Waals surface area contributed by atoms with Crippen LogP contribution in [0.2, 0.25) is 0 Å². The molecule has 3 aromatic carbocycles. The van der Waals surface area contributed by atoms with Gasteiger partial charge in [-0.15, -0.1) is 0 Å². The third kappa shape index (κ3) is 7.39. The molecule has 0 aliphatic carbocycles. The third-order valence-corrected chi connectivity index (χ3v) is 10.4. The summed E-state index contributed by atoms with van der Waals surface area (Å²) in [6, 6.07) is 10.1. The molecule has 21 heteroatoms. The van der Waals surface area contributed by atoms with Crippen LogP contribution in [0, 0.1) is 22.7 Å². The van der Waals surface area contributed by atoms with Gasteiger partial charge in [0.15, 0.2) is 0 Å². The molecule has 2 atom stereocenters. The van der Waals surface area contributed by atoms with E-state index in [1.807, 2.05) is 10.8 Å². The quantitative estimate of drug-likeness (QED) is 0.134. The number of amides is 1. The fourth-order valence-corrected chi connectivity index (χ4v) is 7.72. The molecular weight excluding hydrogens is 722 g/mol. The second-order valence-electron chi connectivity index (χ2n) is 10.7.